The molecular formula is C19H15NO. The number of benzene rings is 3. The van der Waals surface area contributed by atoms with Gasteiger partial charge >= 0.3 is 0 Å². The van der Waals surface area contributed by atoms with Gasteiger partial charge in [0.2, 0.25) is 0 Å². The number of carbonyl (C=O) groups is 1. The lowest BCUT2D eigenvalue weighted by Gasteiger charge is -2.27. The molecule has 2 heteroatoms. The summed E-state index contributed by atoms with van der Waals surface area (Å²) in [6.45, 7) is 0. The van der Waals surface area contributed by atoms with Gasteiger partial charge < -0.3 is 5.32 Å². The highest BCUT2D eigenvalue weighted by molar-refractivity contribution is 6.14. The van der Waals surface area contributed by atoms with Gasteiger partial charge in [-0.05, 0) is 22.4 Å². The molecule has 4 rings (SSSR count). The lowest BCUT2D eigenvalue weighted by Crippen LogP contribution is -2.23. The van der Waals surface area contributed by atoms with Crippen molar-refractivity contribution in [3.05, 3.63) is 77.9 Å². The van der Waals surface area contributed by atoms with Crippen LogP contribution in [0, 0.1) is 0 Å². The highest BCUT2D eigenvalue weighted by atomic mass is 16.1. The van der Waals surface area contributed by atoms with Crippen molar-refractivity contribution < 1.29 is 4.79 Å². The van der Waals surface area contributed by atoms with Gasteiger partial charge in [0.1, 0.15) is 0 Å². The Morgan fingerprint density at radius 3 is 2.48 bits per heavy atom. The summed E-state index contributed by atoms with van der Waals surface area (Å²) < 4.78 is 0. The van der Waals surface area contributed by atoms with Gasteiger partial charge in [-0.15, -0.1) is 0 Å². The largest absolute Gasteiger partial charge is 0.377 e. The van der Waals surface area contributed by atoms with Crippen molar-refractivity contribution >= 4 is 22.2 Å². The standard InChI is InChI=1S/C19H15NO/c21-18-12-17(14-7-2-1-3-8-14)20-16-11-10-13-6-4-5-9-15(13)19(16)18/h1-11,17,20H,12H2/t17-/m1/s1. The highest BCUT2D eigenvalue weighted by Crippen LogP contribution is 2.36. The fourth-order valence-electron chi connectivity index (χ4n) is 3.10. The molecule has 0 aliphatic carbocycles. The first kappa shape index (κ1) is 12.2. The number of fused-ring (bicyclic) bond motifs is 3. The molecule has 102 valence electrons. The van der Waals surface area contributed by atoms with E-state index in [4.69, 9.17) is 0 Å². The monoisotopic (exact) mass is 273 g/mol. The first-order chi connectivity index (χ1) is 10.3. The van der Waals surface area contributed by atoms with Crippen molar-refractivity contribution in [2.24, 2.45) is 0 Å². The predicted octanol–water partition coefficient (Wildman–Crippen LogP) is 4.58. The van der Waals surface area contributed by atoms with E-state index in [-0.39, 0.29) is 11.8 Å². The van der Waals surface area contributed by atoms with Crippen LogP contribution < -0.4 is 5.32 Å². The number of rotatable bonds is 1. The Morgan fingerprint density at radius 1 is 0.857 bits per heavy atom. The topological polar surface area (TPSA) is 29.1 Å². The van der Waals surface area contributed by atoms with Crippen molar-refractivity contribution in [1.29, 1.82) is 0 Å². The van der Waals surface area contributed by atoms with Crippen molar-refractivity contribution in [2.45, 2.75) is 12.5 Å². The number of hydrogen-bond donors (Lipinski definition) is 1. The predicted molar refractivity (Wildman–Crippen MR) is 85.7 cm³/mol. The summed E-state index contributed by atoms with van der Waals surface area (Å²) in [5, 5.41) is 5.67. The van der Waals surface area contributed by atoms with Crippen LogP contribution in [-0.4, -0.2) is 5.78 Å². The van der Waals surface area contributed by atoms with E-state index in [1.54, 1.807) is 0 Å². The zero-order valence-electron chi connectivity index (χ0n) is 11.5. The minimum absolute atomic E-state index is 0.0624. The number of ketones is 1. The van der Waals surface area contributed by atoms with Crippen LogP contribution in [0.5, 0.6) is 0 Å². The fraction of sp³-hybridized carbons (Fsp3) is 0.105. The molecule has 0 saturated heterocycles. The number of nitrogens with one attached hydrogen (secondary N) is 1. The lowest BCUT2D eigenvalue weighted by atomic mass is 9.89. The van der Waals surface area contributed by atoms with Gasteiger partial charge in [0.25, 0.3) is 0 Å². The molecule has 0 unspecified atom stereocenters. The molecule has 2 nitrogen and oxygen atoms in total. The van der Waals surface area contributed by atoms with Crippen LogP contribution in [0.4, 0.5) is 5.69 Å². The quantitative estimate of drug-likeness (QED) is 0.703. The molecule has 3 aromatic carbocycles. The second-order valence-corrected chi connectivity index (χ2v) is 5.44. The highest BCUT2D eigenvalue weighted by Gasteiger charge is 2.26. The van der Waals surface area contributed by atoms with E-state index in [1.165, 1.54) is 0 Å². The summed E-state index contributed by atoms with van der Waals surface area (Å²) in [5.41, 5.74) is 2.93. The van der Waals surface area contributed by atoms with E-state index in [0.717, 1.165) is 27.6 Å². The Labute approximate surface area is 123 Å². The van der Waals surface area contributed by atoms with Crippen LogP contribution in [0.15, 0.2) is 66.7 Å². The van der Waals surface area contributed by atoms with E-state index in [0.29, 0.717) is 6.42 Å². The maximum Gasteiger partial charge on any atom is 0.167 e. The van der Waals surface area contributed by atoms with E-state index >= 15 is 0 Å². The Kier molecular flexibility index (Phi) is 2.74. The molecule has 21 heavy (non-hydrogen) atoms. The van der Waals surface area contributed by atoms with Crippen LogP contribution in [0.2, 0.25) is 0 Å². The van der Waals surface area contributed by atoms with E-state index < -0.39 is 0 Å². The summed E-state index contributed by atoms with van der Waals surface area (Å²) >= 11 is 0. The molecular weight excluding hydrogens is 258 g/mol. The summed E-state index contributed by atoms with van der Waals surface area (Å²) in [6.07, 6.45) is 0.505. The number of carbonyl (C=O) groups excluding carboxylic acids is 1. The molecule has 1 atom stereocenters. The molecule has 1 aliphatic rings. The summed E-state index contributed by atoms with van der Waals surface area (Å²) in [7, 11) is 0. The van der Waals surface area contributed by atoms with Crippen molar-refractivity contribution in [3.8, 4) is 0 Å². The van der Waals surface area contributed by atoms with Crippen LogP contribution in [0.1, 0.15) is 28.4 Å². The van der Waals surface area contributed by atoms with Crippen LogP contribution >= 0.6 is 0 Å². The summed E-state index contributed by atoms with van der Waals surface area (Å²) in [6, 6.07) is 22.4. The maximum absolute atomic E-state index is 12.6. The second-order valence-electron chi connectivity index (χ2n) is 5.44. The Hall–Kier alpha value is -2.61. The molecule has 1 aliphatic heterocycles. The summed E-state index contributed by atoms with van der Waals surface area (Å²) in [5.74, 6) is 0.217. The molecule has 3 aromatic rings. The summed E-state index contributed by atoms with van der Waals surface area (Å²) in [4.78, 5) is 12.6. The third-order valence-electron chi connectivity index (χ3n) is 4.13. The molecule has 0 fully saturated rings. The average molecular weight is 273 g/mol. The fourth-order valence-corrected chi connectivity index (χ4v) is 3.10. The van der Waals surface area contributed by atoms with Gasteiger partial charge in [-0.2, -0.15) is 0 Å². The lowest BCUT2D eigenvalue weighted by molar-refractivity contribution is 0.0974. The second kappa shape index (κ2) is 4.74. The molecule has 0 aromatic heterocycles. The molecule has 0 saturated carbocycles. The van der Waals surface area contributed by atoms with E-state index in [9.17, 15) is 4.79 Å². The van der Waals surface area contributed by atoms with E-state index in [2.05, 4.69) is 23.5 Å². The SMILES string of the molecule is O=C1C[C@H](c2ccccc2)Nc2ccc3ccccc3c21. The van der Waals surface area contributed by atoms with Gasteiger partial charge in [-0.1, -0.05) is 60.7 Å². The molecule has 0 radical (unpaired) electrons. The Bertz CT molecular complexity index is 823. The van der Waals surface area contributed by atoms with Crippen molar-refractivity contribution in [1.82, 2.24) is 0 Å². The van der Waals surface area contributed by atoms with Crippen molar-refractivity contribution in [2.75, 3.05) is 5.32 Å². The molecule has 1 N–H and O–H groups in total. The van der Waals surface area contributed by atoms with Crippen LogP contribution in [-0.2, 0) is 0 Å². The van der Waals surface area contributed by atoms with Gasteiger partial charge in [-0.3, -0.25) is 4.79 Å². The first-order valence-corrected chi connectivity index (χ1v) is 7.19. The Balaban J connectivity index is 1.83. The van der Waals surface area contributed by atoms with Crippen LogP contribution in [0.3, 0.4) is 0 Å². The third kappa shape index (κ3) is 2.00. The molecule has 0 spiro atoms. The smallest absolute Gasteiger partial charge is 0.167 e. The third-order valence-corrected chi connectivity index (χ3v) is 4.13. The molecule has 0 bridgehead atoms. The van der Waals surface area contributed by atoms with Crippen molar-refractivity contribution in [3.63, 3.8) is 0 Å². The average Bonchev–Trinajstić information content (AvgIpc) is 2.55. The first-order valence-electron chi connectivity index (χ1n) is 7.19. The zero-order valence-corrected chi connectivity index (χ0v) is 11.5. The van der Waals surface area contributed by atoms with Gasteiger partial charge in [0.15, 0.2) is 5.78 Å². The molecule has 1 heterocycles. The molecule has 0 amide bonds. The van der Waals surface area contributed by atoms with E-state index in [1.807, 2.05) is 48.5 Å². The van der Waals surface area contributed by atoms with Gasteiger partial charge in [0, 0.05) is 17.7 Å². The number of hydrogen-bond acceptors (Lipinski definition) is 2. The number of anilines is 1. The maximum atomic E-state index is 12.6. The Morgan fingerprint density at radius 2 is 1.62 bits per heavy atom. The van der Waals surface area contributed by atoms with Gasteiger partial charge in [-0.25, -0.2) is 0 Å². The number of Topliss-reactive ketones (excluding diaryl/α,β-unsaturated/α-hetero) is 1. The van der Waals surface area contributed by atoms with Crippen LogP contribution in [0.25, 0.3) is 10.8 Å². The minimum atomic E-state index is 0.0624. The minimum Gasteiger partial charge on any atom is -0.377 e. The normalized spacial score (nSPS) is 17.3. The zero-order chi connectivity index (χ0) is 14.2. The van der Waals surface area contributed by atoms with Gasteiger partial charge in [0.05, 0.1) is 6.04 Å².